The highest BCUT2D eigenvalue weighted by Crippen LogP contribution is 2.49. The maximum absolute atomic E-state index is 6.91. The SMILES string of the molecule is c1ccc(-c2nc(-c3ccccc3)nc(-n3c4ccccc4c4c5c6ccccc6oc5c5c(c6ccccc6n5-c5ccccc5)c43)n2)cc1. The monoisotopic (exact) mass is 653 g/mol. The van der Waals surface area contributed by atoms with Crippen LogP contribution < -0.4 is 0 Å². The van der Waals surface area contributed by atoms with Gasteiger partial charge in [-0.2, -0.15) is 9.97 Å². The summed E-state index contributed by atoms with van der Waals surface area (Å²) in [5.41, 5.74) is 8.74. The Hall–Kier alpha value is -7.05. The summed E-state index contributed by atoms with van der Waals surface area (Å²) in [6.07, 6.45) is 0. The Bertz CT molecular complexity index is 3060. The van der Waals surface area contributed by atoms with E-state index in [1.807, 2.05) is 66.7 Å². The molecular weight excluding hydrogens is 627 g/mol. The molecule has 0 spiro atoms. The Morgan fingerprint density at radius 2 is 0.902 bits per heavy atom. The summed E-state index contributed by atoms with van der Waals surface area (Å²) in [7, 11) is 0. The summed E-state index contributed by atoms with van der Waals surface area (Å²) in [5.74, 6) is 1.78. The Labute approximate surface area is 291 Å². The number of hydrogen-bond acceptors (Lipinski definition) is 4. The quantitative estimate of drug-likeness (QED) is 0.190. The average molecular weight is 654 g/mol. The van der Waals surface area contributed by atoms with E-state index in [2.05, 4.69) is 106 Å². The molecule has 0 aliphatic carbocycles. The molecule has 6 heteroatoms. The van der Waals surface area contributed by atoms with E-state index < -0.39 is 0 Å². The van der Waals surface area contributed by atoms with Crippen molar-refractivity contribution in [2.24, 2.45) is 0 Å². The summed E-state index contributed by atoms with van der Waals surface area (Å²) in [4.78, 5) is 15.6. The average Bonchev–Trinajstić information content (AvgIpc) is 3.87. The molecule has 51 heavy (non-hydrogen) atoms. The molecule has 0 bridgehead atoms. The van der Waals surface area contributed by atoms with Crippen LogP contribution in [0.4, 0.5) is 0 Å². The molecule has 0 aliphatic rings. The van der Waals surface area contributed by atoms with Gasteiger partial charge in [-0.15, -0.1) is 0 Å². The first-order valence-electron chi connectivity index (χ1n) is 17.1. The molecule has 4 aromatic heterocycles. The second kappa shape index (κ2) is 10.7. The van der Waals surface area contributed by atoms with Crippen LogP contribution in [0.2, 0.25) is 0 Å². The van der Waals surface area contributed by atoms with E-state index in [0.29, 0.717) is 17.6 Å². The normalized spacial score (nSPS) is 11.9. The van der Waals surface area contributed by atoms with Gasteiger partial charge in [0.1, 0.15) is 5.58 Å². The third-order valence-corrected chi connectivity index (χ3v) is 9.95. The highest BCUT2D eigenvalue weighted by molar-refractivity contribution is 6.39. The van der Waals surface area contributed by atoms with Crippen LogP contribution in [0.3, 0.4) is 0 Å². The summed E-state index contributed by atoms with van der Waals surface area (Å²) in [6, 6.07) is 56.4. The van der Waals surface area contributed by atoms with Crippen molar-refractivity contribution in [2.75, 3.05) is 0 Å². The van der Waals surface area contributed by atoms with Crippen molar-refractivity contribution in [3.8, 4) is 34.4 Å². The van der Waals surface area contributed by atoms with Crippen molar-refractivity contribution in [3.05, 3.63) is 164 Å². The minimum absolute atomic E-state index is 0.555. The number of hydrogen-bond donors (Lipinski definition) is 0. The minimum Gasteiger partial charge on any atom is -0.454 e. The Balaban J connectivity index is 1.41. The van der Waals surface area contributed by atoms with Crippen molar-refractivity contribution in [1.29, 1.82) is 0 Å². The lowest BCUT2D eigenvalue weighted by Gasteiger charge is -2.12. The van der Waals surface area contributed by atoms with Crippen molar-refractivity contribution >= 4 is 65.6 Å². The van der Waals surface area contributed by atoms with Gasteiger partial charge in [0.25, 0.3) is 0 Å². The molecule has 0 fully saturated rings. The van der Waals surface area contributed by atoms with E-state index in [0.717, 1.165) is 82.4 Å². The molecule has 7 aromatic carbocycles. The zero-order valence-electron chi connectivity index (χ0n) is 27.2. The van der Waals surface area contributed by atoms with Crippen molar-refractivity contribution < 1.29 is 4.42 Å². The van der Waals surface area contributed by atoms with Gasteiger partial charge in [0.05, 0.1) is 22.1 Å². The van der Waals surface area contributed by atoms with Crippen LogP contribution in [0.15, 0.2) is 168 Å². The smallest absolute Gasteiger partial charge is 0.238 e. The Morgan fingerprint density at radius 3 is 1.55 bits per heavy atom. The van der Waals surface area contributed by atoms with Gasteiger partial charge in [-0.1, -0.05) is 133 Å². The predicted octanol–water partition coefficient (Wildman–Crippen LogP) is 11.3. The van der Waals surface area contributed by atoms with Crippen molar-refractivity contribution in [2.45, 2.75) is 0 Å². The maximum Gasteiger partial charge on any atom is 0.238 e. The number of para-hydroxylation sites is 4. The van der Waals surface area contributed by atoms with Gasteiger partial charge in [-0.25, -0.2) is 4.98 Å². The number of fused-ring (bicyclic) bond motifs is 12. The fourth-order valence-electron chi connectivity index (χ4n) is 7.84. The predicted molar refractivity (Wildman–Crippen MR) is 207 cm³/mol. The molecule has 4 heterocycles. The number of nitrogens with zero attached hydrogens (tertiary/aromatic N) is 5. The lowest BCUT2D eigenvalue weighted by Crippen LogP contribution is -2.06. The first-order valence-corrected chi connectivity index (χ1v) is 17.1. The molecule has 238 valence electrons. The zero-order chi connectivity index (χ0) is 33.5. The molecule has 0 unspecified atom stereocenters. The van der Waals surface area contributed by atoms with Gasteiger partial charge in [-0.3, -0.25) is 4.57 Å². The molecule has 0 saturated carbocycles. The van der Waals surface area contributed by atoms with Gasteiger partial charge in [0.2, 0.25) is 5.95 Å². The van der Waals surface area contributed by atoms with Crippen LogP contribution in [0.5, 0.6) is 0 Å². The summed E-state index contributed by atoms with van der Waals surface area (Å²) in [6.45, 7) is 0. The van der Waals surface area contributed by atoms with Crippen LogP contribution in [0.25, 0.3) is 100.0 Å². The Morgan fingerprint density at radius 1 is 0.392 bits per heavy atom. The van der Waals surface area contributed by atoms with Gasteiger partial charge in [-0.05, 0) is 30.3 Å². The second-order valence-electron chi connectivity index (χ2n) is 12.8. The summed E-state index contributed by atoms with van der Waals surface area (Å²) < 4.78 is 11.5. The first-order chi connectivity index (χ1) is 25.3. The molecule has 0 N–H and O–H groups in total. The molecule has 0 aliphatic heterocycles. The third-order valence-electron chi connectivity index (χ3n) is 9.95. The number of furan rings is 1. The zero-order valence-corrected chi connectivity index (χ0v) is 27.2. The Kier molecular flexibility index (Phi) is 5.86. The highest BCUT2D eigenvalue weighted by Gasteiger charge is 2.28. The highest BCUT2D eigenvalue weighted by atomic mass is 16.3. The lowest BCUT2D eigenvalue weighted by molar-refractivity contribution is 0.671. The van der Waals surface area contributed by atoms with E-state index >= 15 is 0 Å². The summed E-state index contributed by atoms with van der Waals surface area (Å²) in [5, 5.41) is 6.55. The fourth-order valence-corrected chi connectivity index (χ4v) is 7.84. The van der Waals surface area contributed by atoms with Crippen LogP contribution in [0, 0.1) is 0 Å². The molecule has 0 amide bonds. The van der Waals surface area contributed by atoms with Gasteiger partial charge in [0, 0.05) is 49.1 Å². The van der Waals surface area contributed by atoms with E-state index in [1.165, 1.54) is 0 Å². The van der Waals surface area contributed by atoms with E-state index in [9.17, 15) is 0 Å². The van der Waals surface area contributed by atoms with Crippen molar-refractivity contribution in [3.63, 3.8) is 0 Å². The minimum atomic E-state index is 0.555. The molecular formula is C45H27N5O. The third kappa shape index (κ3) is 4.01. The van der Waals surface area contributed by atoms with E-state index in [1.54, 1.807) is 0 Å². The molecule has 0 saturated heterocycles. The summed E-state index contributed by atoms with van der Waals surface area (Å²) >= 11 is 0. The van der Waals surface area contributed by atoms with Crippen LogP contribution in [0.1, 0.15) is 0 Å². The van der Waals surface area contributed by atoms with E-state index in [4.69, 9.17) is 19.4 Å². The van der Waals surface area contributed by atoms with Crippen molar-refractivity contribution in [1.82, 2.24) is 24.1 Å². The van der Waals surface area contributed by atoms with Crippen LogP contribution >= 0.6 is 0 Å². The number of benzene rings is 7. The molecule has 0 radical (unpaired) electrons. The molecule has 11 aromatic rings. The number of aromatic nitrogens is 5. The lowest BCUT2D eigenvalue weighted by atomic mass is 10.0. The van der Waals surface area contributed by atoms with E-state index in [-0.39, 0.29) is 0 Å². The molecule has 11 rings (SSSR count). The first kappa shape index (κ1) is 27.9. The largest absolute Gasteiger partial charge is 0.454 e. The van der Waals surface area contributed by atoms with Gasteiger partial charge < -0.3 is 8.98 Å². The molecule has 6 nitrogen and oxygen atoms in total. The topological polar surface area (TPSA) is 61.7 Å². The molecule has 0 atom stereocenters. The fraction of sp³-hybridized carbons (Fsp3) is 0. The second-order valence-corrected chi connectivity index (χ2v) is 12.8. The van der Waals surface area contributed by atoms with Crippen LogP contribution in [-0.4, -0.2) is 24.1 Å². The maximum atomic E-state index is 6.91. The standard InChI is InChI=1S/C45H27N5O/c1-4-16-28(17-5-1)43-46-44(29-18-6-2-7-19-29)48-45(47-43)50-35-26-14-10-22-31(35)37-38-33-24-12-15-27-36(33)51-42(38)41-39(40(37)50)32-23-11-13-25-34(32)49(41)30-20-8-3-9-21-30/h1-27H. The van der Waals surface area contributed by atoms with Gasteiger partial charge >= 0.3 is 0 Å². The van der Waals surface area contributed by atoms with Gasteiger partial charge in [0.15, 0.2) is 17.2 Å². The van der Waals surface area contributed by atoms with Crippen LogP contribution in [-0.2, 0) is 0 Å². The number of rotatable bonds is 4.